The standard InChI is InChI=1S/C17H30N2O2/c1-15(2)18-14-17(16-8-6-5-7-9-16)19(10-12-20-3)11-13-21-4/h5-9,15,17-18H,10-14H2,1-4H3. The van der Waals surface area contributed by atoms with E-state index in [1.807, 2.05) is 0 Å². The van der Waals surface area contributed by atoms with Crippen molar-refractivity contribution < 1.29 is 9.47 Å². The predicted octanol–water partition coefficient (Wildman–Crippen LogP) is 2.32. The third-order valence-corrected chi connectivity index (χ3v) is 3.51. The Balaban J connectivity index is 2.82. The molecular weight excluding hydrogens is 264 g/mol. The highest BCUT2D eigenvalue weighted by Crippen LogP contribution is 2.20. The fraction of sp³-hybridized carbons (Fsp3) is 0.647. The van der Waals surface area contributed by atoms with E-state index in [9.17, 15) is 0 Å². The topological polar surface area (TPSA) is 33.7 Å². The number of methoxy groups -OCH3 is 2. The van der Waals surface area contributed by atoms with Crippen molar-refractivity contribution in [3.05, 3.63) is 35.9 Å². The molecule has 0 spiro atoms. The van der Waals surface area contributed by atoms with Crippen molar-refractivity contribution in [2.45, 2.75) is 25.9 Å². The highest BCUT2D eigenvalue weighted by atomic mass is 16.5. The second kappa shape index (κ2) is 10.7. The Morgan fingerprint density at radius 3 is 2.05 bits per heavy atom. The van der Waals surface area contributed by atoms with Gasteiger partial charge in [0, 0.05) is 45.9 Å². The van der Waals surface area contributed by atoms with Gasteiger partial charge in [0.15, 0.2) is 0 Å². The van der Waals surface area contributed by atoms with E-state index >= 15 is 0 Å². The van der Waals surface area contributed by atoms with E-state index in [1.165, 1.54) is 5.56 Å². The van der Waals surface area contributed by atoms with Gasteiger partial charge in [-0.3, -0.25) is 4.90 Å². The van der Waals surface area contributed by atoms with Crippen LogP contribution < -0.4 is 5.32 Å². The normalized spacial score (nSPS) is 13.0. The number of nitrogens with one attached hydrogen (secondary N) is 1. The van der Waals surface area contributed by atoms with Crippen molar-refractivity contribution in [2.75, 3.05) is 47.1 Å². The van der Waals surface area contributed by atoms with E-state index in [1.54, 1.807) is 14.2 Å². The van der Waals surface area contributed by atoms with E-state index in [-0.39, 0.29) is 0 Å². The summed E-state index contributed by atoms with van der Waals surface area (Å²) in [5.41, 5.74) is 1.33. The number of ether oxygens (including phenoxy) is 2. The van der Waals surface area contributed by atoms with Crippen LogP contribution in [0.2, 0.25) is 0 Å². The van der Waals surface area contributed by atoms with Gasteiger partial charge in [-0.05, 0) is 5.56 Å². The number of hydrogen-bond donors (Lipinski definition) is 1. The first-order valence-electron chi connectivity index (χ1n) is 7.69. The molecule has 1 unspecified atom stereocenters. The molecule has 1 N–H and O–H groups in total. The van der Waals surface area contributed by atoms with Crippen molar-refractivity contribution in [1.82, 2.24) is 10.2 Å². The fourth-order valence-corrected chi connectivity index (χ4v) is 2.32. The van der Waals surface area contributed by atoms with Crippen LogP contribution in [0.25, 0.3) is 0 Å². The smallest absolute Gasteiger partial charge is 0.0589 e. The van der Waals surface area contributed by atoms with Gasteiger partial charge in [0.2, 0.25) is 0 Å². The summed E-state index contributed by atoms with van der Waals surface area (Å²) in [6, 6.07) is 11.5. The Hall–Kier alpha value is -0.940. The molecule has 1 rings (SSSR count). The van der Waals surface area contributed by atoms with Gasteiger partial charge in [-0.15, -0.1) is 0 Å². The minimum Gasteiger partial charge on any atom is -0.383 e. The summed E-state index contributed by atoms with van der Waals surface area (Å²) in [5, 5.41) is 3.55. The van der Waals surface area contributed by atoms with Crippen LogP contribution in [-0.4, -0.2) is 58.0 Å². The lowest BCUT2D eigenvalue weighted by Gasteiger charge is -2.32. The van der Waals surface area contributed by atoms with Gasteiger partial charge in [0.05, 0.1) is 13.2 Å². The summed E-state index contributed by atoms with van der Waals surface area (Å²) < 4.78 is 10.5. The molecule has 4 nitrogen and oxygen atoms in total. The van der Waals surface area contributed by atoms with Crippen LogP contribution in [0.4, 0.5) is 0 Å². The third kappa shape index (κ3) is 7.05. The average Bonchev–Trinajstić information content (AvgIpc) is 2.50. The van der Waals surface area contributed by atoms with Crippen molar-refractivity contribution in [2.24, 2.45) is 0 Å². The molecule has 0 radical (unpaired) electrons. The molecule has 0 saturated carbocycles. The molecule has 21 heavy (non-hydrogen) atoms. The lowest BCUT2D eigenvalue weighted by molar-refractivity contribution is 0.0858. The summed E-state index contributed by atoms with van der Waals surface area (Å²) >= 11 is 0. The Labute approximate surface area is 129 Å². The molecular formula is C17H30N2O2. The summed E-state index contributed by atoms with van der Waals surface area (Å²) in [7, 11) is 3.50. The Kier molecular flexibility index (Phi) is 9.26. The van der Waals surface area contributed by atoms with Gasteiger partial charge in [-0.25, -0.2) is 0 Å². The second-order valence-corrected chi connectivity index (χ2v) is 5.51. The van der Waals surface area contributed by atoms with Gasteiger partial charge < -0.3 is 14.8 Å². The maximum Gasteiger partial charge on any atom is 0.0589 e. The maximum atomic E-state index is 5.26. The lowest BCUT2D eigenvalue weighted by Crippen LogP contribution is -2.41. The second-order valence-electron chi connectivity index (χ2n) is 5.51. The molecule has 1 aromatic rings. The van der Waals surface area contributed by atoms with Gasteiger partial charge in [-0.2, -0.15) is 0 Å². The van der Waals surface area contributed by atoms with Crippen LogP contribution in [0.3, 0.4) is 0 Å². The summed E-state index contributed by atoms with van der Waals surface area (Å²) in [4.78, 5) is 2.43. The van der Waals surface area contributed by atoms with E-state index in [0.29, 0.717) is 12.1 Å². The van der Waals surface area contributed by atoms with E-state index < -0.39 is 0 Å². The zero-order valence-electron chi connectivity index (χ0n) is 13.8. The van der Waals surface area contributed by atoms with Crippen molar-refractivity contribution >= 4 is 0 Å². The van der Waals surface area contributed by atoms with Gasteiger partial charge in [0.25, 0.3) is 0 Å². The molecule has 0 saturated heterocycles. The zero-order valence-corrected chi connectivity index (χ0v) is 13.8. The summed E-state index contributed by atoms with van der Waals surface area (Å²) in [5.74, 6) is 0. The van der Waals surface area contributed by atoms with Crippen LogP contribution in [0.5, 0.6) is 0 Å². The van der Waals surface area contributed by atoms with E-state index in [2.05, 4.69) is 54.4 Å². The Bertz CT molecular complexity index is 349. The summed E-state index contributed by atoms with van der Waals surface area (Å²) in [6.07, 6.45) is 0. The molecule has 0 aliphatic carbocycles. The van der Waals surface area contributed by atoms with Gasteiger partial charge in [-0.1, -0.05) is 44.2 Å². The van der Waals surface area contributed by atoms with Crippen LogP contribution in [0.1, 0.15) is 25.5 Å². The molecule has 0 fully saturated rings. The highest BCUT2D eigenvalue weighted by Gasteiger charge is 2.20. The number of rotatable bonds is 11. The van der Waals surface area contributed by atoms with Crippen molar-refractivity contribution in [3.8, 4) is 0 Å². The SMILES string of the molecule is COCCN(CCOC)C(CNC(C)C)c1ccccc1. The number of hydrogen-bond acceptors (Lipinski definition) is 4. The Morgan fingerprint density at radius 2 is 1.57 bits per heavy atom. The molecule has 1 aromatic carbocycles. The monoisotopic (exact) mass is 294 g/mol. The molecule has 0 bridgehead atoms. The minimum atomic E-state index is 0.332. The van der Waals surface area contributed by atoms with Crippen molar-refractivity contribution in [3.63, 3.8) is 0 Å². The number of nitrogens with zero attached hydrogens (tertiary/aromatic N) is 1. The molecule has 0 heterocycles. The first-order valence-corrected chi connectivity index (χ1v) is 7.69. The first-order chi connectivity index (χ1) is 10.2. The third-order valence-electron chi connectivity index (χ3n) is 3.51. The fourth-order valence-electron chi connectivity index (χ4n) is 2.32. The largest absolute Gasteiger partial charge is 0.383 e. The van der Waals surface area contributed by atoms with Crippen molar-refractivity contribution in [1.29, 1.82) is 0 Å². The maximum absolute atomic E-state index is 5.26. The van der Waals surface area contributed by atoms with E-state index in [4.69, 9.17) is 9.47 Å². The quantitative estimate of drug-likeness (QED) is 0.679. The minimum absolute atomic E-state index is 0.332. The van der Waals surface area contributed by atoms with Crippen LogP contribution in [0.15, 0.2) is 30.3 Å². The highest BCUT2D eigenvalue weighted by molar-refractivity contribution is 5.19. The molecule has 0 aliphatic rings. The van der Waals surface area contributed by atoms with Gasteiger partial charge in [0.1, 0.15) is 0 Å². The number of benzene rings is 1. The average molecular weight is 294 g/mol. The molecule has 0 amide bonds. The van der Waals surface area contributed by atoms with Gasteiger partial charge >= 0.3 is 0 Å². The molecule has 1 atom stereocenters. The van der Waals surface area contributed by atoms with E-state index in [0.717, 1.165) is 32.8 Å². The first kappa shape index (κ1) is 18.1. The molecule has 120 valence electrons. The van der Waals surface area contributed by atoms with Crippen LogP contribution in [-0.2, 0) is 9.47 Å². The lowest BCUT2D eigenvalue weighted by atomic mass is 10.0. The molecule has 0 aromatic heterocycles. The summed E-state index contributed by atoms with van der Waals surface area (Å²) in [6.45, 7) is 8.55. The van der Waals surface area contributed by atoms with Crippen LogP contribution >= 0.6 is 0 Å². The Morgan fingerprint density at radius 1 is 1.00 bits per heavy atom. The molecule has 0 aliphatic heterocycles. The molecule has 4 heteroatoms. The van der Waals surface area contributed by atoms with Crippen LogP contribution in [0, 0.1) is 0 Å². The predicted molar refractivity (Wildman–Crippen MR) is 87.6 cm³/mol. The zero-order chi connectivity index (χ0) is 15.5.